The fraction of sp³-hybridized carbons (Fsp3) is 0.300. The molecule has 27 heavy (non-hydrogen) atoms. The Bertz CT molecular complexity index is 811. The van der Waals surface area contributed by atoms with Gasteiger partial charge in [-0.3, -0.25) is 4.79 Å². The summed E-state index contributed by atoms with van der Waals surface area (Å²) in [6.45, 7) is 0.326. The van der Waals surface area contributed by atoms with Crippen molar-refractivity contribution < 1.29 is 23.9 Å². The molecule has 0 aliphatic carbocycles. The van der Waals surface area contributed by atoms with Gasteiger partial charge < -0.3 is 20.0 Å². The first-order chi connectivity index (χ1) is 13.2. The number of aliphatic hydroxyl groups is 1. The molecule has 1 aliphatic rings. The van der Waals surface area contributed by atoms with Crippen LogP contribution in [0.15, 0.2) is 53.7 Å². The highest BCUT2D eigenvalue weighted by molar-refractivity contribution is 6.39. The van der Waals surface area contributed by atoms with Gasteiger partial charge in [-0.15, -0.1) is 0 Å². The molecule has 1 amide bonds. The van der Waals surface area contributed by atoms with E-state index in [1.807, 2.05) is 30.3 Å². The summed E-state index contributed by atoms with van der Waals surface area (Å²) >= 11 is 0. The number of halogens is 1. The molecule has 142 valence electrons. The van der Waals surface area contributed by atoms with Crippen LogP contribution in [-0.2, 0) is 27.5 Å². The van der Waals surface area contributed by atoms with Crippen LogP contribution in [0.25, 0.3) is 0 Å². The Labute approximate surface area is 156 Å². The van der Waals surface area contributed by atoms with Gasteiger partial charge in [-0.25, -0.2) is 4.39 Å². The predicted octanol–water partition coefficient (Wildman–Crippen LogP) is 2.47. The van der Waals surface area contributed by atoms with Crippen LogP contribution in [-0.4, -0.2) is 29.9 Å². The maximum Gasteiger partial charge on any atom is 0.269 e. The van der Waals surface area contributed by atoms with Gasteiger partial charge in [0.2, 0.25) is 0 Å². The van der Waals surface area contributed by atoms with Crippen molar-refractivity contribution in [2.24, 2.45) is 5.16 Å². The molecule has 1 atom stereocenters. The summed E-state index contributed by atoms with van der Waals surface area (Å²) in [5.74, 6) is -0.741. The van der Waals surface area contributed by atoms with Crippen LogP contribution in [0.5, 0.6) is 0 Å². The minimum Gasteiger partial charge on any atom is -0.394 e. The van der Waals surface area contributed by atoms with Gasteiger partial charge in [0.1, 0.15) is 11.5 Å². The zero-order valence-electron chi connectivity index (χ0n) is 14.7. The third-order valence-corrected chi connectivity index (χ3v) is 4.17. The van der Waals surface area contributed by atoms with Crippen molar-refractivity contribution in [2.75, 3.05) is 13.2 Å². The van der Waals surface area contributed by atoms with Gasteiger partial charge in [-0.1, -0.05) is 47.6 Å². The third kappa shape index (κ3) is 5.12. The number of hydrogen-bond donors (Lipinski definition) is 2. The van der Waals surface area contributed by atoms with Gasteiger partial charge in [0.25, 0.3) is 5.91 Å². The minimum absolute atomic E-state index is 0.0913. The number of aliphatic hydroxyl groups excluding tert-OH is 1. The molecule has 2 aromatic rings. The van der Waals surface area contributed by atoms with Crippen LogP contribution in [0.3, 0.4) is 0 Å². The van der Waals surface area contributed by atoms with Crippen molar-refractivity contribution in [2.45, 2.75) is 25.7 Å². The van der Waals surface area contributed by atoms with Gasteiger partial charge in [0.05, 0.1) is 19.8 Å². The summed E-state index contributed by atoms with van der Waals surface area (Å²) in [5.41, 5.74) is 2.31. The zero-order chi connectivity index (χ0) is 19.1. The highest BCUT2D eigenvalue weighted by Crippen LogP contribution is 2.26. The standard InChI is InChI=1S/C20H21FN2O4/c21-17-10-14(6-7-16(17)13-26-9-8-24)12-22-20(25)18-11-19(27-23-18)15-4-2-1-3-5-15/h1-7,10,19,24H,8-9,11-13H2,(H,22,25). The Morgan fingerprint density at radius 1 is 1.30 bits per heavy atom. The quantitative estimate of drug-likeness (QED) is 0.698. The molecule has 0 fully saturated rings. The maximum absolute atomic E-state index is 14.0. The lowest BCUT2D eigenvalue weighted by atomic mass is 10.0. The summed E-state index contributed by atoms with van der Waals surface area (Å²) < 4.78 is 19.2. The van der Waals surface area contributed by atoms with E-state index < -0.39 is 5.82 Å². The molecule has 2 aromatic carbocycles. The SMILES string of the molecule is O=C(NCc1ccc(COCCO)c(F)c1)C1=NOC(c2ccccc2)C1. The lowest BCUT2D eigenvalue weighted by Gasteiger charge is -2.09. The van der Waals surface area contributed by atoms with Gasteiger partial charge in [0, 0.05) is 18.5 Å². The van der Waals surface area contributed by atoms with Gasteiger partial charge >= 0.3 is 0 Å². The van der Waals surface area contributed by atoms with Crippen LogP contribution < -0.4 is 5.32 Å². The molecule has 1 heterocycles. The number of oxime groups is 1. The van der Waals surface area contributed by atoms with E-state index in [-0.39, 0.29) is 38.4 Å². The maximum atomic E-state index is 14.0. The summed E-state index contributed by atoms with van der Waals surface area (Å²) in [5, 5.41) is 15.3. The van der Waals surface area contributed by atoms with E-state index in [2.05, 4.69) is 10.5 Å². The second kappa shape index (κ2) is 9.25. The molecule has 1 unspecified atom stereocenters. The summed E-state index contributed by atoms with van der Waals surface area (Å²) in [6, 6.07) is 14.3. The minimum atomic E-state index is -0.412. The van der Waals surface area contributed by atoms with E-state index in [1.54, 1.807) is 12.1 Å². The summed E-state index contributed by atoms with van der Waals surface area (Å²) in [6.07, 6.45) is 0.133. The van der Waals surface area contributed by atoms with Crippen LogP contribution in [0.2, 0.25) is 0 Å². The number of ether oxygens (including phenoxy) is 1. The van der Waals surface area contributed by atoms with E-state index in [9.17, 15) is 9.18 Å². The Morgan fingerprint density at radius 3 is 2.85 bits per heavy atom. The Morgan fingerprint density at radius 2 is 2.11 bits per heavy atom. The Hall–Kier alpha value is -2.77. The molecule has 2 N–H and O–H groups in total. The number of carbonyl (C=O) groups is 1. The number of benzene rings is 2. The van der Waals surface area contributed by atoms with E-state index >= 15 is 0 Å². The fourth-order valence-corrected chi connectivity index (χ4v) is 2.71. The van der Waals surface area contributed by atoms with E-state index in [0.717, 1.165) is 5.56 Å². The molecule has 6 nitrogen and oxygen atoms in total. The van der Waals surface area contributed by atoms with Crippen LogP contribution in [0.4, 0.5) is 4.39 Å². The molecule has 0 saturated heterocycles. The number of nitrogens with one attached hydrogen (secondary N) is 1. The molecule has 0 aromatic heterocycles. The van der Waals surface area contributed by atoms with Crippen molar-refractivity contribution in [3.63, 3.8) is 0 Å². The number of nitrogens with zero attached hydrogens (tertiary/aromatic N) is 1. The average molecular weight is 372 g/mol. The van der Waals surface area contributed by atoms with Crippen LogP contribution in [0.1, 0.15) is 29.2 Å². The van der Waals surface area contributed by atoms with Crippen molar-refractivity contribution >= 4 is 11.6 Å². The molecule has 1 aliphatic heterocycles. The van der Waals surface area contributed by atoms with E-state index in [1.165, 1.54) is 6.07 Å². The molecule has 0 spiro atoms. The molecule has 3 rings (SSSR count). The highest BCUT2D eigenvalue weighted by atomic mass is 19.1. The largest absolute Gasteiger partial charge is 0.394 e. The fourth-order valence-electron chi connectivity index (χ4n) is 2.71. The first kappa shape index (κ1) is 19.0. The number of rotatable bonds is 8. The predicted molar refractivity (Wildman–Crippen MR) is 97.3 cm³/mol. The second-order valence-electron chi connectivity index (χ2n) is 6.13. The molecular weight excluding hydrogens is 351 g/mol. The van der Waals surface area contributed by atoms with Crippen molar-refractivity contribution in [3.8, 4) is 0 Å². The smallest absolute Gasteiger partial charge is 0.269 e. The van der Waals surface area contributed by atoms with Gasteiger partial charge in [0.15, 0.2) is 6.10 Å². The molecule has 0 saturated carbocycles. The summed E-state index contributed by atoms with van der Waals surface area (Å²) in [4.78, 5) is 17.6. The normalized spacial score (nSPS) is 15.9. The number of carbonyl (C=O) groups excluding carboxylic acids is 1. The van der Waals surface area contributed by atoms with Gasteiger partial charge in [-0.05, 0) is 17.2 Å². The first-order valence-corrected chi connectivity index (χ1v) is 8.69. The highest BCUT2D eigenvalue weighted by Gasteiger charge is 2.27. The van der Waals surface area contributed by atoms with Crippen molar-refractivity contribution in [3.05, 3.63) is 71.0 Å². The monoisotopic (exact) mass is 372 g/mol. The van der Waals surface area contributed by atoms with Crippen molar-refractivity contribution in [1.29, 1.82) is 0 Å². The Balaban J connectivity index is 1.50. The van der Waals surface area contributed by atoms with Crippen molar-refractivity contribution in [1.82, 2.24) is 5.32 Å². The van der Waals surface area contributed by atoms with Crippen LogP contribution >= 0.6 is 0 Å². The number of amides is 1. The lowest BCUT2D eigenvalue weighted by molar-refractivity contribution is -0.115. The third-order valence-electron chi connectivity index (χ3n) is 4.17. The zero-order valence-corrected chi connectivity index (χ0v) is 14.7. The van der Waals surface area contributed by atoms with E-state index in [0.29, 0.717) is 23.3 Å². The molecule has 0 radical (unpaired) electrons. The van der Waals surface area contributed by atoms with E-state index in [4.69, 9.17) is 14.7 Å². The van der Waals surface area contributed by atoms with Gasteiger partial charge in [-0.2, -0.15) is 0 Å². The second-order valence-corrected chi connectivity index (χ2v) is 6.13. The summed E-state index contributed by atoms with van der Waals surface area (Å²) in [7, 11) is 0. The topological polar surface area (TPSA) is 80.2 Å². The average Bonchev–Trinajstić information content (AvgIpc) is 3.19. The van der Waals surface area contributed by atoms with Crippen LogP contribution in [0, 0.1) is 5.82 Å². The molecular formula is C20H21FN2O4. The Kier molecular flexibility index (Phi) is 6.51. The lowest BCUT2D eigenvalue weighted by Crippen LogP contribution is -2.30. The number of hydrogen-bond acceptors (Lipinski definition) is 5. The molecule has 0 bridgehead atoms. The first-order valence-electron chi connectivity index (χ1n) is 8.69. The molecule has 7 heteroatoms.